The predicted molar refractivity (Wildman–Crippen MR) is 94.9 cm³/mol. The van der Waals surface area contributed by atoms with E-state index in [9.17, 15) is 22.8 Å². The van der Waals surface area contributed by atoms with E-state index in [0.29, 0.717) is 22.8 Å². The molecule has 9 heteroatoms. The Bertz CT molecular complexity index is 1080. The van der Waals surface area contributed by atoms with Gasteiger partial charge in [-0.2, -0.15) is 13.2 Å². The Morgan fingerprint density at radius 1 is 1.11 bits per heavy atom. The second-order valence-corrected chi connectivity index (χ2v) is 5.79. The molecule has 0 aliphatic rings. The summed E-state index contributed by atoms with van der Waals surface area (Å²) >= 11 is 0. The molecule has 0 radical (unpaired) electrons. The Kier molecular flexibility index (Phi) is 5.34. The maximum Gasteiger partial charge on any atom is 0.433 e. The minimum atomic E-state index is -4.72. The Balaban J connectivity index is 1.89. The molecule has 1 aromatic heterocycles. The summed E-state index contributed by atoms with van der Waals surface area (Å²) in [4.78, 5) is 28.7. The topological polar surface area (TPSA) is 81.3 Å². The summed E-state index contributed by atoms with van der Waals surface area (Å²) in [5, 5.41) is 1.43. The molecule has 0 saturated carbocycles. The van der Waals surface area contributed by atoms with Crippen LogP contribution in [-0.2, 0) is 15.7 Å². The maximum atomic E-state index is 12.9. The molecule has 2 aromatic carbocycles. The lowest BCUT2D eigenvalue weighted by Crippen LogP contribution is -2.16. The second-order valence-electron chi connectivity index (χ2n) is 5.79. The maximum absolute atomic E-state index is 12.9. The van der Waals surface area contributed by atoms with Crippen molar-refractivity contribution in [3.8, 4) is 17.1 Å². The van der Waals surface area contributed by atoms with Gasteiger partial charge >= 0.3 is 12.1 Å². The summed E-state index contributed by atoms with van der Waals surface area (Å²) in [7, 11) is 0. The average Bonchev–Trinajstić information content (AvgIpc) is 2.65. The van der Waals surface area contributed by atoms with E-state index in [0.717, 1.165) is 5.39 Å². The van der Waals surface area contributed by atoms with E-state index in [2.05, 4.69) is 9.97 Å². The van der Waals surface area contributed by atoms with Crippen molar-refractivity contribution in [1.82, 2.24) is 9.97 Å². The molecule has 28 heavy (non-hydrogen) atoms. The SMILES string of the molecule is CCOC(=O)COc1ccc2cc(-c3nc(C(F)(F)F)cc(=O)[nH]3)ccc2c1. The number of ether oxygens (including phenoxy) is 2. The van der Waals surface area contributed by atoms with Crippen molar-refractivity contribution in [3.63, 3.8) is 0 Å². The third-order valence-corrected chi connectivity index (χ3v) is 3.78. The number of halogens is 3. The minimum absolute atomic E-state index is 0.177. The van der Waals surface area contributed by atoms with Crippen LogP contribution in [0.15, 0.2) is 47.3 Å². The Morgan fingerprint density at radius 2 is 1.82 bits per heavy atom. The van der Waals surface area contributed by atoms with Crippen molar-refractivity contribution in [2.75, 3.05) is 13.2 Å². The molecule has 146 valence electrons. The van der Waals surface area contributed by atoms with E-state index in [1.54, 1.807) is 37.3 Å². The fourth-order valence-electron chi connectivity index (χ4n) is 2.55. The molecular formula is C19H15F3N2O4. The van der Waals surface area contributed by atoms with E-state index in [-0.39, 0.29) is 19.0 Å². The standard InChI is InChI=1S/C19H15F3N2O4/c1-2-27-17(26)10-28-14-6-5-11-7-13(4-3-12(11)8-14)18-23-15(19(20,21)22)9-16(25)24-18/h3-9H,2,10H2,1H3,(H,23,24,25). The summed E-state index contributed by atoms with van der Waals surface area (Å²) in [5.41, 5.74) is -1.81. The normalized spacial score (nSPS) is 11.4. The van der Waals surface area contributed by atoms with Gasteiger partial charge in [0.15, 0.2) is 12.3 Å². The van der Waals surface area contributed by atoms with Crippen LogP contribution in [0.2, 0.25) is 0 Å². The number of nitrogens with one attached hydrogen (secondary N) is 1. The Labute approximate surface area is 156 Å². The molecule has 0 amide bonds. The highest BCUT2D eigenvalue weighted by atomic mass is 19.4. The summed E-state index contributed by atoms with van der Waals surface area (Å²) < 4.78 is 48.8. The first-order chi connectivity index (χ1) is 13.3. The number of rotatable bonds is 5. The first-order valence-electron chi connectivity index (χ1n) is 8.27. The first-order valence-corrected chi connectivity index (χ1v) is 8.27. The predicted octanol–water partition coefficient (Wildman–Crippen LogP) is 3.55. The molecule has 0 atom stereocenters. The third-order valence-electron chi connectivity index (χ3n) is 3.78. The van der Waals surface area contributed by atoms with Crippen LogP contribution in [-0.4, -0.2) is 29.2 Å². The number of nitrogens with zero attached hydrogens (tertiary/aromatic N) is 1. The summed E-state index contributed by atoms with van der Waals surface area (Å²) in [6, 6.07) is 10.2. The van der Waals surface area contributed by atoms with E-state index >= 15 is 0 Å². The number of fused-ring (bicyclic) bond motifs is 1. The van der Waals surface area contributed by atoms with Crippen LogP contribution < -0.4 is 10.3 Å². The zero-order valence-corrected chi connectivity index (χ0v) is 14.7. The first kappa shape index (κ1) is 19.4. The number of aromatic nitrogens is 2. The van der Waals surface area contributed by atoms with Gasteiger partial charge in [-0.3, -0.25) is 4.79 Å². The number of alkyl halides is 3. The van der Waals surface area contributed by atoms with Crippen molar-refractivity contribution in [1.29, 1.82) is 0 Å². The molecule has 1 heterocycles. The van der Waals surface area contributed by atoms with Crippen LogP contribution >= 0.6 is 0 Å². The van der Waals surface area contributed by atoms with Gasteiger partial charge in [-0.15, -0.1) is 0 Å². The number of carbonyl (C=O) groups is 1. The fourth-order valence-corrected chi connectivity index (χ4v) is 2.55. The molecule has 1 N–H and O–H groups in total. The van der Waals surface area contributed by atoms with Crippen molar-refractivity contribution in [2.24, 2.45) is 0 Å². The molecule has 0 aliphatic carbocycles. The second kappa shape index (κ2) is 7.71. The van der Waals surface area contributed by atoms with Gasteiger partial charge in [0.05, 0.1) is 6.61 Å². The van der Waals surface area contributed by atoms with E-state index < -0.39 is 23.4 Å². The quantitative estimate of drug-likeness (QED) is 0.672. The van der Waals surface area contributed by atoms with Crippen molar-refractivity contribution in [2.45, 2.75) is 13.1 Å². The third kappa shape index (κ3) is 4.48. The van der Waals surface area contributed by atoms with Crippen molar-refractivity contribution in [3.05, 3.63) is 58.5 Å². The van der Waals surface area contributed by atoms with E-state index in [1.165, 1.54) is 6.07 Å². The zero-order valence-electron chi connectivity index (χ0n) is 14.7. The van der Waals surface area contributed by atoms with Crippen LogP contribution in [0.1, 0.15) is 12.6 Å². The number of hydrogen-bond acceptors (Lipinski definition) is 5. The Hall–Kier alpha value is -3.36. The summed E-state index contributed by atoms with van der Waals surface area (Å²) in [6.45, 7) is 1.72. The van der Waals surface area contributed by atoms with Crippen molar-refractivity contribution < 1.29 is 27.4 Å². The lowest BCUT2D eigenvalue weighted by molar-refractivity contribution is -0.145. The minimum Gasteiger partial charge on any atom is -0.482 e. The molecular weight excluding hydrogens is 377 g/mol. The lowest BCUT2D eigenvalue weighted by Gasteiger charge is -2.09. The Morgan fingerprint density at radius 3 is 2.54 bits per heavy atom. The van der Waals surface area contributed by atoms with Crippen LogP contribution in [0.3, 0.4) is 0 Å². The fraction of sp³-hybridized carbons (Fsp3) is 0.211. The zero-order chi connectivity index (χ0) is 20.3. The van der Waals surface area contributed by atoms with Crippen molar-refractivity contribution >= 4 is 16.7 Å². The molecule has 0 fully saturated rings. The monoisotopic (exact) mass is 392 g/mol. The van der Waals surface area contributed by atoms with Gasteiger partial charge in [0.25, 0.3) is 5.56 Å². The van der Waals surface area contributed by atoms with E-state index in [4.69, 9.17) is 9.47 Å². The smallest absolute Gasteiger partial charge is 0.433 e. The number of hydrogen-bond donors (Lipinski definition) is 1. The van der Waals surface area contributed by atoms with Gasteiger partial charge in [0, 0.05) is 11.6 Å². The number of H-pyrrole nitrogens is 1. The number of benzene rings is 2. The molecule has 0 spiro atoms. The molecule has 3 rings (SSSR count). The van der Waals surface area contributed by atoms with Crippen LogP contribution in [0.25, 0.3) is 22.2 Å². The number of esters is 1. The molecule has 0 saturated heterocycles. The highest BCUT2D eigenvalue weighted by Gasteiger charge is 2.33. The van der Waals surface area contributed by atoms with Gasteiger partial charge in [-0.25, -0.2) is 9.78 Å². The van der Waals surface area contributed by atoms with Gasteiger partial charge in [0.1, 0.15) is 11.6 Å². The molecule has 0 aliphatic heterocycles. The van der Waals surface area contributed by atoms with Gasteiger partial charge in [-0.05, 0) is 35.9 Å². The van der Waals surface area contributed by atoms with Crippen LogP contribution in [0.4, 0.5) is 13.2 Å². The average molecular weight is 392 g/mol. The van der Waals surface area contributed by atoms with Gasteiger partial charge < -0.3 is 14.5 Å². The van der Waals surface area contributed by atoms with Gasteiger partial charge in [0.2, 0.25) is 0 Å². The number of carbonyl (C=O) groups excluding carboxylic acids is 1. The number of aromatic amines is 1. The molecule has 3 aromatic rings. The van der Waals surface area contributed by atoms with Crippen LogP contribution in [0, 0.1) is 0 Å². The summed E-state index contributed by atoms with van der Waals surface area (Å²) in [6.07, 6.45) is -4.72. The van der Waals surface area contributed by atoms with Gasteiger partial charge in [-0.1, -0.05) is 18.2 Å². The highest BCUT2D eigenvalue weighted by Crippen LogP contribution is 2.29. The highest BCUT2D eigenvalue weighted by molar-refractivity contribution is 5.87. The lowest BCUT2D eigenvalue weighted by atomic mass is 10.1. The molecule has 0 bridgehead atoms. The van der Waals surface area contributed by atoms with E-state index in [1.807, 2.05) is 0 Å². The molecule has 0 unspecified atom stereocenters. The largest absolute Gasteiger partial charge is 0.482 e. The summed E-state index contributed by atoms with van der Waals surface area (Å²) in [5.74, 6) is -0.221. The molecule has 6 nitrogen and oxygen atoms in total. The van der Waals surface area contributed by atoms with Crippen LogP contribution in [0.5, 0.6) is 5.75 Å².